The third-order valence-electron chi connectivity index (χ3n) is 4.72. The number of hydrogen-bond donors (Lipinski definition) is 1. The van der Waals surface area contributed by atoms with Gasteiger partial charge in [-0.3, -0.25) is 9.69 Å². The van der Waals surface area contributed by atoms with Gasteiger partial charge < -0.3 is 10.1 Å². The number of amides is 1. The highest BCUT2D eigenvalue weighted by Crippen LogP contribution is 2.20. The second kappa shape index (κ2) is 9.68. The minimum atomic E-state index is 0.131. The highest BCUT2D eigenvalue weighted by Gasteiger charge is 2.23. The van der Waals surface area contributed by atoms with Crippen LogP contribution in [0.5, 0.6) is 0 Å². The van der Waals surface area contributed by atoms with Gasteiger partial charge in [0.15, 0.2) is 0 Å². The maximum absolute atomic E-state index is 12.3. The van der Waals surface area contributed by atoms with Crippen LogP contribution in [-0.2, 0) is 16.1 Å². The second-order valence-corrected chi connectivity index (χ2v) is 6.46. The molecule has 2 rings (SSSR count). The van der Waals surface area contributed by atoms with E-state index in [1.54, 1.807) is 7.11 Å². The first-order valence-electron chi connectivity index (χ1n) is 8.75. The first kappa shape index (κ1) is 18.0. The number of hydrogen-bond acceptors (Lipinski definition) is 3. The second-order valence-electron chi connectivity index (χ2n) is 6.46. The molecule has 1 heterocycles. The van der Waals surface area contributed by atoms with E-state index in [1.165, 1.54) is 30.4 Å². The zero-order valence-electron chi connectivity index (χ0n) is 14.5. The summed E-state index contributed by atoms with van der Waals surface area (Å²) in [5, 5.41) is 3.07. The molecule has 1 N–H and O–H groups in total. The fourth-order valence-corrected chi connectivity index (χ4v) is 3.30. The van der Waals surface area contributed by atoms with Gasteiger partial charge in [0.1, 0.15) is 0 Å². The molecule has 4 nitrogen and oxygen atoms in total. The van der Waals surface area contributed by atoms with Crippen LogP contribution >= 0.6 is 0 Å². The zero-order valence-corrected chi connectivity index (χ0v) is 14.5. The number of aryl methyl sites for hydroxylation is 1. The van der Waals surface area contributed by atoms with Gasteiger partial charge in [-0.15, -0.1) is 0 Å². The highest BCUT2D eigenvalue weighted by atomic mass is 16.5. The van der Waals surface area contributed by atoms with E-state index in [2.05, 4.69) is 29.3 Å². The number of nitrogens with one attached hydrogen (secondary N) is 1. The van der Waals surface area contributed by atoms with Crippen LogP contribution in [0, 0.1) is 6.92 Å². The maximum Gasteiger partial charge on any atom is 0.234 e. The van der Waals surface area contributed by atoms with E-state index in [0.29, 0.717) is 19.1 Å². The van der Waals surface area contributed by atoms with Gasteiger partial charge in [0, 0.05) is 26.3 Å². The van der Waals surface area contributed by atoms with E-state index in [1.807, 2.05) is 12.1 Å². The molecule has 4 heteroatoms. The molecule has 1 aromatic rings. The Morgan fingerprint density at radius 3 is 2.96 bits per heavy atom. The first-order valence-corrected chi connectivity index (χ1v) is 8.75. The molecule has 1 aliphatic rings. The van der Waals surface area contributed by atoms with Crippen molar-refractivity contribution >= 4 is 5.91 Å². The highest BCUT2D eigenvalue weighted by molar-refractivity contribution is 5.78. The summed E-state index contributed by atoms with van der Waals surface area (Å²) < 4.78 is 5.15. The standard InChI is InChI=1S/C19H30N2O2/c1-16-8-3-4-9-17(16)14-20-19(22)15-21-12-6-5-10-18(21)11-7-13-23-2/h3-4,8-9,18H,5-7,10-15H2,1-2H3,(H,20,22). The smallest absolute Gasteiger partial charge is 0.234 e. The van der Waals surface area contributed by atoms with E-state index in [9.17, 15) is 4.79 Å². The van der Waals surface area contributed by atoms with Crippen LogP contribution in [0.3, 0.4) is 0 Å². The number of benzene rings is 1. The predicted octanol–water partition coefficient (Wildman–Crippen LogP) is 2.89. The number of methoxy groups -OCH3 is 1. The van der Waals surface area contributed by atoms with Crippen molar-refractivity contribution in [1.82, 2.24) is 10.2 Å². The molecule has 1 amide bonds. The summed E-state index contributed by atoms with van der Waals surface area (Å²) in [6, 6.07) is 8.73. The van der Waals surface area contributed by atoms with Crippen LogP contribution in [0.1, 0.15) is 43.2 Å². The van der Waals surface area contributed by atoms with Crippen LogP contribution in [0.15, 0.2) is 24.3 Å². The van der Waals surface area contributed by atoms with Crippen molar-refractivity contribution in [2.45, 2.75) is 51.6 Å². The Hall–Kier alpha value is -1.39. The molecule has 0 aliphatic carbocycles. The molecule has 0 aromatic heterocycles. The molecule has 0 saturated carbocycles. The Bertz CT molecular complexity index is 490. The quantitative estimate of drug-likeness (QED) is 0.749. The third kappa shape index (κ3) is 5.96. The van der Waals surface area contributed by atoms with Crippen LogP contribution in [0.4, 0.5) is 0 Å². The van der Waals surface area contributed by atoms with Crippen molar-refractivity contribution in [3.63, 3.8) is 0 Å². The van der Waals surface area contributed by atoms with Gasteiger partial charge in [0.05, 0.1) is 6.54 Å². The number of ether oxygens (including phenoxy) is 1. The first-order chi connectivity index (χ1) is 11.2. The summed E-state index contributed by atoms with van der Waals surface area (Å²) in [6.45, 7) is 5.06. The van der Waals surface area contributed by atoms with Crippen molar-refractivity contribution in [2.75, 3.05) is 26.8 Å². The van der Waals surface area contributed by atoms with Crippen molar-refractivity contribution in [1.29, 1.82) is 0 Å². The lowest BCUT2D eigenvalue weighted by Crippen LogP contribution is -2.45. The number of piperidine rings is 1. The molecule has 1 saturated heterocycles. The van der Waals surface area contributed by atoms with Gasteiger partial charge in [-0.1, -0.05) is 30.7 Å². The van der Waals surface area contributed by atoms with Crippen molar-refractivity contribution in [2.24, 2.45) is 0 Å². The van der Waals surface area contributed by atoms with Crippen molar-refractivity contribution in [3.8, 4) is 0 Å². The molecule has 23 heavy (non-hydrogen) atoms. The molecule has 0 spiro atoms. The summed E-state index contributed by atoms with van der Waals surface area (Å²) >= 11 is 0. The van der Waals surface area contributed by atoms with Gasteiger partial charge in [0.25, 0.3) is 0 Å². The van der Waals surface area contributed by atoms with Gasteiger partial charge in [-0.05, 0) is 50.3 Å². The average Bonchev–Trinajstić information content (AvgIpc) is 2.56. The van der Waals surface area contributed by atoms with Gasteiger partial charge >= 0.3 is 0 Å². The van der Waals surface area contributed by atoms with Crippen LogP contribution in [-0.4, -0.2) is 43.7 Å². The van der Waals surface area contributed by atoms with E-state index < -0.39 is 0 Å². The van der Waals surface area contributed by atoms with Crippen LogP contribution in [0.25, 0.3) is 0 Å². The lowest BCUT2D eigenvalue weighted by molar-refractivity contribution is -0.123. The summed E-state index contributed by atoms with van der Waals surface area (Å²) in [6.07, 6.45) is 5.88. The Balaban J connectivity index is 1.79. The molecular formula is C19H30N2O2. The van der Waals surface area contributed by atoms with Gasteiger partial charge in [0.2, 0.25) is 5.91 Å². The van der Waals surface area contributed by atoms with Crippen LogP contribution in [0.2, 0.25) is 0 Å². The minimum absolute atomic E-state index is 0.131. The van der Waals surface area contributed by atoms with E-state index in [-0.39, 0.29) is 5.91 Å². The largest absolute Gasteiger partial charge is 0.385 e. The monoisotopic (exact) mass is 318 g/mol. The Kier molecular flexibility index (Phi) is 7.56. The van der Waals surface area contributed by atoms with E-state index in [4.69, 9.17) is 4.74 Å². The van der Waals surface area contributed by atoms with Gasteiger partial charge in [-0.25, -0.2) is 0 Å². The number of carbonyl (C=O) groups excluding carboxylic acids is 1. The number of rotatable bonds is 8. The zero-order chi connectivity index (χ0) is 16.5. The number of nitrogens with zero attached hydrogens (tertiary/aromatic N) is 1. The fraction of sp³-hybridized carbons (Fsp3) is 0.632. The molecule has 1 atom stereocenters. The van der Waals surface area contributed by atoms with Crippen molar-refractivity contribution in [3.05, 3.63) is 35.4 Å². The third-order valence-corrected chi connectivity index (χ3v) is 4.72. The number of likely N-dealkylation sites (tertiary alicyclic amines) is 1. The topological polar surface area (TPSA) is 41.6 Å². The van der Waals surface area contributed by atoms with Crippen molar-refractivity contribution < 1.29 is 9.53 Å². The molecule has 1 aliphatic heterocycles. The predicted molar refractivity (Wildman–Crippen MR) is 93.3 cm³/mol. The SMILES string of the molecule is COCCCC1CCCCN1CC(=O)NCc1ccccc1C. The van der Waals surface area contributed by atoms with E-state index >= 15 is 0 Å². The number of carbonyl (C=O) groups is 1. The molecule has 1 aromatic carbocycles. The Morgan fingerprint density at radius 2 is 2.17 bits per heavy atom. The van der Waals surface area contributed by atoms with E-state index in [0.717, 1.165) is 26.0 Å². The summed E-state index contributed by atoms with van der Waals surface area (Å²) in [4.78, 5) is 14.6. The fourth-order valence-electron chi connectivity index (χ4n) is 3.30. The van der Waals surface area contributed by atoms with Gasteiger partial charge in [-0.2, -0.15) is 0 Å². The van der Waals surface area contributed by atoms with Crippen LogP contribution < -0.4 is 5.32 Å². The normalized spacial score (nSPS) is 18.8. The maximum atomic E-state index is 12.3. The average molecular weight is 318 g/mol. The molecule has 1 fully saturated rings. The summed E-state index contributed by atoms with van der Waals surface area (Å²) in [5.74, 6) is 0.131. The molecule has 0 radical (unpaired) electrons. The summed E-state index contributed by atoms with van der Waals surface area (Å²) in [5.41, 5.74) is 2.42. The lowest BCUT2D eigenvalue weighted by Gasteiger charge is -2.35. The molecular weight excluding hydrogens is 288 g/mol. The molecule has 1 unspecified atom stereocenters. The minimum Gasteiger partial charge on any atom is -0.385 e. The molecule has 128 valence electrons. The Labute approximate surface area is 140 Å². The Morgan fingerprint density at radius 1 is 1.35 bits per heavy atom. The lowest BCUT2D eigenvalue weighted by atomic mass is 9.98. The molecule has 0 bridgehead atoms. The summed E-state index contributed by atoms with van der Waals surface area (Å²) in [7, 11) is 1.75.